The van der Waals surface area contributed by atoms with Gasteiger partial charge in [-0.1, -0.05) is 27.7 Å². The molecule has 1 aromatic heterocycles. The predicted octanol–water partition coefficient (Wildman–Crippen LogP) is 3.67. The van der Waals surface area contributed by atoms with Crippen LogP contribution in [0.4, 0.5) is 0 Å². The molecule has 0 unspecified atom stereocenters. The van der Waals surface area contributed by atoms with Crippen molar-refractivity contribution in [1.29, 1.82) is 0 Å². The van der Waals surface area contributed by atoms with Crippen LogP contribution in [-0.4, -0.2) is 0 Å². The van der Waals surface area contributed by atoms with E-state index in [2.05, 4.69) is 13.8 Å². The minimum Gasteiger partial charge on any atom is -0.465 e. The summed E-state index contributed by atoms with van der Waals surface area (Å²) in [4.78, 5) is 12.4. The average molecular weight is 236 g/mol. The summed E-state index contributed by atoms with van der Waals surface area (Å²) < 4.78 is 5.98. The van der Waals surface area contributed by atoms with Gasteiger partial charge in [0.25, 0.3) is 0 Å². The second kappa shape index (κ2) is 6.63. The van der Waals surface area contributed by atoms with Crippen LogP contribution in [0.2, 0.25) is 0 Å². The van der Waals surface area contributed by atoms with Gasteiger partial charge in [-0.15, -0.1) is 0 Å². The molecule has 0 radical (unpaired) electrons. The summed E-state index contributed by atoms with van der Waals surface area (Å²) in [6.07, 6.45) is 5.34. The highest BCUT2D eigenvalue weighted by Crippen LogP contribution is 2.17. The normalized spacial score (nSPS) is 10.8. The van der Waals surface area contributed by atoms with Crippen LogP contribution < -0.4 is 5.43 Å². The average Bonchev–Trinajstić information content (AvgIpc) is 2.30. The van der Waals surface area contributed by atoms with E-state index in [1.54, 1.807) is 0 Å². The highest BCUT2D eigenvalue weighted by atomic mass is 16.3. The summed E-state index contributed by atoms with van der Waals surface area (Å²) in [6.45, 7) is 8.30. The molecule has 1 rings (SSSR count). The quantitative estimate of drug-likeness (QED) is 0.754. The predicted molar refractivity (Wildman–Crippen MR) is 71.7 cm³/mol. The molecule has 1 heterocycles. The molecule has 0 aliphatic rings. The Balaban J connectivity index is 3.37. The van der Waals surface area contributed by atoms with E-state index in [1.165, 1.54) is 0 Å². The van der Waals surface area contributed by atoms with Crippen molar-refractivity contribution in [3.63, 3.8) is 0 Å². The minimum atomic E-state index is 0.230. The summed E-state index contributed by atoms with van der Waals surface area (Å²) >= 11 is 0. The maximum atomic E-state index is 12.4. The largest absolute Gasteiger partial charge is 0.465 e. The van der Waals surface area contributed by atoms with E-state index >= 15 is 0 Å². The zero-order chi connectivity index (χ0) is 12.8. The molecule has 0 spiro atoms. The van der Waals surface area contributed by atoms with Crippen LogP contribution >= 0.6 is 0 Å². The van der Waals surface area contributed by atoms with Gasteiger partial charge in [-0.3, -0.25) is 4.79 Å². The van der Waals surface area contributed by atoms with E-state index in [9.17, 15) is 4.79 Å². The lowest BCUT2D eigenvalue weighted by atomic mass is 10.0. The van der Waals surface area contributed by atoms with Gasteiger partial charge < -0.3 is 4.42 Å². The van der Waals surface area contributed by atoms with Gasteiger partial charge in [-0.25, -0.2) is 0 Å². The maximum Gasteiger partial charge on any atom is 0.191 e. The molecule has 96 valence electrons. The van der Waals surface area contributed by atoms with E-state index in [-0.39, 0.29) is 5.43 Å². The fourth-order valence-electron chi connectivity index (χ4n) is 2.28. The molecule has 0 fully saturated rings. The van der Waals surface area contributed by atoms with E-state index in [0.717, 1.165) is 61.2 Å². The lowest BCUT2D eigenvalue weighted by molar-refractivity contribution is 0.427. The Labute approximate surface area is 104 Å². The van der Waals surface area contributed by atoms with Gasteiger partial charge in [0.2, 0.25) is 0 Å². The molecule has 0 atom stereocenters. The standard InChI is InChI=1S/C15H24O2/c1-5-9-13-11(7-3)15(16)12(8-4)14(17-13)10-6-2/h5-10H2,1-4H3. The molecule has 0 saturated heterocycles. The Morgan fingerprint density at radius 1 is 0.824 bits per heavy atom. The third-order valence-electron chi connectivity index (χ3n) is 3.13. The molecule has 17 heavy (non-hydrogen) atoms. The van der Waals surface area contributed by atoms with Crippen molar-refractivity contribution < 1.29 is 4.42 Å². The molecule has 0 amide bonds. The van der Waals surface area contributed by atoms with Crippen LogP contribution in [0.15, 0.2) is 9.21 Å². The highest BCUT2D eigenvalue weighted by Gasteiger charge is 2.15. The van der Waals surface area contributed by atoms with Gasteiger partial charge in [0.05, 0.1) is 0 Å². The Kier molecular flexibility index (Phi) is 5.46. The number of aryl methyl sites for hydroxylation is 2. The Hall–Kier alpha value is -1.05. The summed E-state index contributed by atoms with van der Waals surface area (Å²) in [5.74, 6) is 1.83. The lowest BCUT2D eigenvalue weighted by Gasteiger charge is -2.12. The fraction of sp³-hybridized carbons (Fsp3) is 0.667. The second-order valence-electron chi connectivity index (χ2n) is 4.44. The molecular formula is C15H24O2. The molecule has 0 aliphatic carbocycles. The molecule has 2 heteroatoms. The topological polar surface area (TPSA) is 30.2 Å². The molecule has 0 bridgehead atoms. The van der Waals surface area contributed by atoms with Gasteiger partial charge in [0.1, 0.15) is 11.5 Å². The summed E-state index contributed by atoms with van der Waals surface area (Å²) in [6, 6.07) is 0. The molecule has 2 nitrogen and oxygen atoms in total. The van der Waals surface area contributed by atoms with Crippen molar-refractivity contribution in [3.8, 4) is 0 Å². The van der Waals surface area contributed by atoms with E-state index in [4.69, 9.17) is 4.42 Å². The first-order valence-electron chi connectivity index (χ1n) is 6.86. The van der Waals surface area contributed by atoms with Gasteiger partial charge in [-0.05, 0) is 25.7 Å². The van der Waals surface area contributed by atoms with Crippen molar-refractivity contribution in [1.82, 2.24) is 0 Å². The third kappa shape index (κ3) is 2.99. The zero-order valence-electron chi connectivity index (χ0n) is 11.6. The van der Waals surface area contributed by atoms with Crippen molar-refractivity contribution >= 4 is 0 Å². The van der Waals surface area contributed by atoms with Crippen molar-refractivity contribution in [2.24, 2.45) is 0 Å². The van der Waals surface area contributed by atoms with Crippen LogP contribution in [0.1, 0.15) is 63.2 Å². The Morgan fingerprint density at radius 3 is 1.53 bits per heavy atom. The lowest BCUT2D eigenvalue weighted by Crippen LogP contribution is -2.19. The van der Waals surface area contributed by atoms with Crippen LogP contribution in [-0.2, 0) is 25.7 Å². The molecule has 0 aromatic carbocycles. The van der Waals surface area contributed by atoms with Crippen molar-refractivity contribution in [2.45, 2.75) is 66.2 Å². The van der Waals surface area contributed by atoms with E-state index < -0.39 is 0 Å². The van der Waals surface area contributed by atoms with Crippen LogP contribution in [0.3, 0.4) is 0 Å². The number of rotatable bonds is 6. The van der Waals surface area contributed by atoms with Crippen LogP contribution in [0.25, 0.3) is 0 Å². The Morgan fingerprint density at radius 2 is 1.24 bits per heavy atom. The smallest absolute Gasteiger partial charge is 0.191 e. The maximum absolute atomic E-state index is 12.4. The monoisotopic (exact) mass is 236 g/mol. The first-order valence-corrected chi connectivity index (χ1v) is 6.86. The van der Waals surface area contributed by atoms with Crippen molar-refractivity contribution in [2.75, 3.05) is 0 Å². The van der Waals surface area contributed by atoms with Gasteiger partial charge in [0.15, 0.2) is 5.43 Å². The first kappa shape index (κ1) is 14.0. The van der Waals surface area contributed by atoms with Gasteiger partial charge in [0, 0.05) is 24.0 Å². The molecule has 0 saturated carbocycles. The van der Waals surface area contributed by atoms with Crippen molar-refractivity contribution in [3.05, 3.63) is 32.9 Å². The highest BCUT2D eigenvalue weighted by molar-refractivity contribution is 5.28. The van der Waals surface area contributed by atoms with E-state index in [1.807, 2.05) is 13.8 Å². The molecule has 0 aliphatic heterocycles. The summed E-state index contributed by atoms with van der Waals surface area (Å²) in [5.41, 5.74) is 2.01. The second-order valence-corrected chi connectivity index (χ2v) is 4.44. The first-order chi connectivity index (χ1) is 8.19. The molecular weight excluding hydrogens is 212 g/mol. The minimum absolute atomic E-state index is 0.230. The fourth-order valence-corrected chi connectivity index (χ4v) is 2.28. The van der Waals surface area contributed by atoms with Gasteiger partial charge in [-0.2, -0.15) is 0 Å². The zero-order valence-corrected chi connectivity index (χ0v) is 11.6. The molecule has 1 aromatic rings. The summed E-state index contributed by atoms with van der Waals surface area (Å²) in [7, 11) is 0. The third-order valence-corrected chi connectivity index (χ3v) is 3.13. The number of hydrogen-bond donors (Lipinski definition) is 0. The molecule has 0 N–H and O–H groups in total. The van der Waals surface area contributed by atoms with Gasteiger partial charge >= 0.3 is 0 Å². The number of hydrogen-bond acceptors (Lipinski definition) is 2. The summed E-state index contributed by atoms with van der Waals surface area (Å²) in [5, 5.41) is 0. The van der Waals surface area contributed by atoms with E-state index in [0.29, 0.717) is 0 Å². The van der Waals surface area contributed by atoms with Crippen LogP contribution in [0.5, 0.6) is 0 Å². The SMILES string of the molecule is CCCc1oc(CCC)c(CC)c(=O)c1CC. The van der Waals surface area contributed by atoms with Crippen LogP contribution in [0, 0.1) is 0 Å². The Bertz CT molecular complexity index is 380.